The molecular weight excluding hydrogens is 441 g/mol. The number of amides is 1. The molecule has 1 saturated heterocycles. The Kier molecular flexibility index (Phi) is 7.04. The number of ether oxygens (including phenoxy) is 2. The van der Waals surface area contributed by atoms with Crippen LogP contribution in [0.4, 0.5) is 9.18 Å². The first kappa shape index (κ1) is 24.0. The van der Waals surface area contributed by atoms with E-state index in [1.807, 2.05) is 0 Å². The van der Waals surface area contributed by atoms with Gasteiger partial charge in [0, 0.05) is 42.6 Å². The Morgan fingerprint density at radius 2 is 2.09 bits per heavy atom. The standard InChI is InChI=1S/C25H28FN3O5/c1-25(2,32)22(15-3-5-17(26)6-4-15)11-19(30)10-18-9-16-12-28-23(21(16)13-27-18)29-24(31)34-20-7-8-33-14-20/h3-6,9,13,20,22,32H,7-8,10-12,14H2,1-2H3,(H,28,29,31)/t20?,22-/m0/s1. The monoisotopic (exact) mass is 469 g/mol. The van der Waals surface area contributed by atoms with Crippen molar-refractivity contribution in [2.75, 3.05) is 13.2 Å². The Hall–Kier alpha value is -3.17. The summed E-state index contributed by atoms with van der Waals surface area (Å²) in [5.41, 5.74) is 1.67. The lowest BCUT2D eigenvalue weighted by atomic mass is 9.80. The van der Waals surface area contributed by atoms with Gasteiger partial charge in [0.1, 0.15) is 23.5 Å². The lowest BCUT2D eigenvalue weighted by molar-refractivity contribution is -0.120. The molecule has 2 N–H and O–H groups in total. The highest BCUT2D eigenvalue weighted by atomic mass is 19.1. The molecule has 2 aliphatic rings. The highest BCUT2D eigenvalue weighted by Crippen LogP contribution is 2.32. The summed E-state index contributed by atoms with van der Waals surface area (Å²) in [6.07, 6.45) is 1.61. The van der Waals surface area contributed by atoms with Crippen LogP contribution in [0.1, 0.15) is 55.0 Å². The number of benzene rings is 1. The van der Waals surface area contributed by atoms with Crippen LogP contribution in [0.15, 0.2) is 41.5 Å². The number of nitrogens with one attached hydrogen (secondary N) is 1. The van der Waals surface area contributed by atoms with Crippen LogP contribution in [-0.2, 0) is 27.2 Å². The zero-order chi connectivity index (χ0) is 24.3. The third-order valence-electron chi connectivity index (χ3n) is 6.03. The largest absolute Gasteiger partial charge is 0.443 e. The summed E-state index contributed by atoms with van der Waals surface area (Å²) < 4.78 is 23.8. The number of aliphatic imine (C=N–C) groups is 1. The normalized spacial score (nSPS) is 18.2. The number of aromatic nitrogens is 1. The molecule has 0 bridgehead atoms. The minimum Gasteiger partial charge on any atom is -0.443 e. The van der Waals surface area contributed by atoms with Gasteiger partial charge in [0.15, 0.2) is 0 Å². The summed E-state index contributed by atoms with van der Waals surface area (Å²) in [6.45, 7) is 4.61. The van der Waals surface area contributed by atoms with Gasteiger partial charge in [-0.05, 0) is 43.2 Å². The Bertz CT molecular complexity index is 1090. The Labute approximate surface area is 197 Å². The Morgan fingerprint density at radius 1 is 1.32 bits per heavy atom. The SMILES string of the molecule is CC(C)(O)[C@@H](CC(=O)Cc1cc2c(cn1)C(NC(=O)OC1CCOC1)=NC2)c1ccc(F)cc1. The number of hydrogen-bond acceptors (Lipinski definition) is 7. The average molecular weight is 470 g/mol. The molecule has 1 fully saturated rings. The van der Waals surface area contributed by atoms with E-state index >= 15 is 0 Å². The summed E-state index contributed by atoms with van der Waals surface area (Å²) in [5.74, 6) is -0.555. The number of hydrogen-bond donors (Lipinski definition) is 2. The van der Waals surface area contributed by atoms with Gasteiger partial charge in [0.2, 0.25) is 0 Å². The number of Topliss-reactive ketones (excluding diaryl/α,β-unsaturated/α-hetero) is 1. The fraction of sp³-hybridized carbons (Fsp3) is 0.440. The van der Waals surface area contributed by atoms with Crippen LogP contribution in [0.5, 0.6) is 0 Å². The van der Waals surface area contributed by atoms with Gasteiger partial charge in [0.05, 0.1) is 25.4 Å². The van der Waals surface area contributed by atoms with Crippen molar-refractivity contribution in [1.29, 1.82) is 0 Å². The third-order valence-corrected chi connectivity index (χ3v) is 6.03. The van der Waals surface area contributed by atoms with Gasteiger partial charge < -0.3 is 14.6 Å². The van der Waals surface area contributed by atoms with Crippen LogP contribution in [0.25, 0.3) is 0 Å². The molecule has 1 aromatic carbocycles. The van der Waals surface area contributed by atoms with Crippen LogP contribution in [0, 0.1) is 5.82 Å². The molecule has 0 spiro atoms. The maximum absolute atomic E-state index is 13.3. The second kappa shape index (κ2) is 9.99. The highest BCUT2D eigenvalue weighted by molar-refractivity contribution is 6.08. The molecule has 1 unspecified atom stereocenters. The Balaban J connectivity index is 1.38. The smallest absolute Gasteiger partial charge is 0.413 e. The van der Waals surface area contributed by atoms with Crippen molar-refractivity contribution in [3.05, 3.63) is 64.7 Å². The summed E-state index contributed by atoms with van der Waals surface area (Å²) in [4.78, 5) is 33.7. The predicted molar refractivity (Wildman–Crippen MR) is 122 cm³/mol. The van der Waals surface area contributed by atoms with E-state index in [-0.39, 0.29) is 30.5 Å². The van der Waals surface area contributed by atoms with E-state index in [4.69, 9.17) is 9.47 Å². The summed E-state index contributed by atoms with van der Waals surface area (Å²) >= 11 is 0. The molecule has 1 aromatic heterocycles. The number of carbonyl (C=O) groups is 2. The van der Waals surface area contributed by atoms with Crippen molar-refractivity contribution in [2.24, 2.45) is 4.99 Å². The molecule has 0 aliphatic carbocycles. The van der Waals surface area contributed by atoms with Crippen molar-refractivity contribution in [1.82, 2.24) is 10.3 Å². The van der Waals surface area contributed by atoms with Crippen molar-refractivity contribution < 1.29 is 28.6 Å². The van der Waals surface area contributed by atoms with Crippen LogP contribution in [0.2, 0.25) is 0 Å². The first-order valence-corrected chi connectivity index (χ1v) is 11.3. The summed E-state index contributed by atoms with van der Waals surface area (Å²) in [7, 11) is 0. The van der Waals surface area contributed by atoms with Crippen molar-refractivity contribution in [3.8, 4) is 0 Å². The van der Waals surface area contributed by atoms with Gasteiger partial charge in [-0.25, -0.2) is 9.18 Å². The maximum atomic E-state index is 13.3. The average Bonchev–Trinajstić information content (AvgIpc) is 3.42. The van der Waals surface area contributed by atoms with E-state index in [1.165, 1.54) is 12.1 Å². The summed E-state index contributed by atoms with van der Waals surface area (Å²) in [5, 5.41) is 13.3. The van der Waals surface area contributed by atoms with Crippen LogP contribution < -0.4 is 5.32 Å². The van der Waals surface area contributed by atoms with Gasteiger partial charge >= 0.3 is 6.09 Å². The molecule has 0 radical (unpaired) electrons. The molecule has 1 amide bonds. The van der Waals surface area contributed by atoms with Gasteiger partial charge in [0.25, 0.3) is 0 Å². The predicted octanol–water partition coefficient (Wildman–Crippen LogP) is 3.05. The lowest BCUT2D eigenvalue weighted by Crippen LogP contribution is -2.34. The van der Waals surface area contributed by atoms with Crippen molar-refractivity contribution in [3.63, 3.8) is 0 Å². The fourth-order valence-electron chi connectivity index (χ4n) is 4.20. The fourth-order valence-corrected chi connectivity index (χ4v) is 4.20. The van der Waals surface area contributed by atoms with E-state index < -0.39 is 17.6 Å². The third kappa shape index (κ3) is 5.84. The van der Waals surface area contributed by atoms with E-state index in [0.29, 0.717) is 48.8 Å². The van der Waals surface area contributed by atoms with Crippen LogP contribution in [-0.4, -0.2) is 52.7 Å². The minimum atomic E-state index is -1.16. The molecule has 0 saturated carbocycles. The lowest BCUT2D eigenvalue weighted by Gasteiger charge is -2.29. The number of carbonyl (C=O) groups excluding carboxylic acids is 2. The van der Waals surface area contributed by atoms with Crippen LogP contribution in [0.3, 0.4) is 0 Å². The molecule has 3 heterocycles. The van der Waals surface area contributed by atoms with Crippen molar-refractivity contribution in [2.45, 2.75) is 57.3 Å². The molecule has 180 valence electrons. The number of halogens is 1. The molecule has 2 aromatic rings. The first-order chi connectivity index (χ1) is 16.2. The van der Waals surface area contributed by atoms with Gasteiger partial charge in [-0.1, -0.05) is 12.1 Å². The second-order valence-corrected chi connectivity index (χ2v) is 9.19. The quantitative estimate of drug-likeness (QED) is 0.645. The number of pyridine rings is 1. The number of nitrogens with zero attached hydrogens (tertiary/aromatic N) is 2. The number of fused-ring (bicyclic) bond motifs is 1. The Morgan fingerprint density at radius 3 is 2.76 bits per heavy atom. The van der Waals surface area contributed by atoms with Crippen molar-refractivity contribution >= 4 is 17.7 Å². The number of rotatable bonds is 7. The van der Waals surface area contributed by atoms with E-state index in [0.717, 1.165) is 5.56 Å². The number of alkyl carbamates (subject to hydrolysis) is 1. The van der Waals surface area contributed by atoms with E-state index in [1.54, 1.807) is 38.2 Å². The molecule has 2 atom stereocenters. The van der Waals surface area contributed by atoms with E-state index in [9.17, 15) is 19.1 Å². The maximum Gasteiger partial charge on any atom is 0.413 e. The molecule has 4 rings (SSSR count). The zero-order valence-electron chi connectivity index (χ0n) is 19.2. The number of amidine groups is 1. The molecule has 8 nitrogen and oxygen atoms in total. The molecule has 2 aliphatic heterocycles. The molecule has 9 heteroatoms. The molecular formula is C25H28FN3O5. The topological polar surface area (TPSA) is 110 Å². The van der Waals surface area contributed by atoms with Crippen LogP contribution >= 0.6 is 0 Å². The minimum absolute atomic E-state index is 0.0908. The first-order valence-electron chi connectivity index (χ1n) is 11.3. The van der Waals surface area contributed by atoms with Gasteiger partial charge in [-0.2, -0.15) is 0 Å². The summed E-state index contributed by atoms with van der Waals surface area (Å²) in [6, 6.07) is 7.64. The molecule has 34 heavy (non-hydrogen) atoms. The second-order valence-electron chi connectivity index (χ2n) is 9.19. The zero-order valence-corrected chi connectivity index (χ0v) is 19.2. The van der Waals surface area contributed by atoms with E-state index in [2.05, 4.69) is 15.3 Å². The van der Waals surface area contributed by atoms with Gasteiger partial charge in [-0.3, -0.25) is 20.1 Å². The highest BCUT2D eigenvalue weighted by Gasteiger charge is 2.31. The number of ketones is 1. The number of aliphatic hydroxyl groups is 1. The van der Waals surface area contributed by atoms with Gasteiger partial charge in [-0.15, -0.1) is 0 Å².